The first-order valence-electron chi connectivity index (χ1n) is 13.2. The minimum atomic E-state index is -1.41. The Balaban J connectivity index is 3.13. The van der Waals surface area contributed by atoms with Crippen LogP contribution in [0.4, 0.5) is 0 Å². The topological polar surface area (TPSA) is 211 Å². The van der Waals surface area contributed by atoms with Gasteiger partial charge in [-0.05, 0) is 24.7 Å². The van der Waals surface area contributed by atoms with Gasteiger partial charge in [-0.2, -0.15) is 12.6 Å². The Morgan fingerprint density at radius 2 is 1.50 bits per heavy atom. The van der Waals surface area contributed by atoms with E-state index in [9.17, 15) is 38.7 Å². The number of thiol groups is 1. The minimum Gasteiger partial charge on any atom is -0.481 e. The maximum absolute atomic E-state index is 13.6. The third kappa shape index (κ3) is 9.99. The lowest BCUT2D eigenvalue weighted by Crippen LogP contribution is -2.61. The molecule has 5 amide bonds. The van der Waals surface area contributed by atoms with E-state index in [0.717, 1.165) is 6.92 Å². The second kappa shape index (κ2) is 16.0. The number of aliphatic carboxylic acids is 2. The van der Waals surface area contributed by atoms with Crippen LogP contribution in [0.3, 0.4) is 0 Å². The van der Waals surface area contributed by atoms with Crippen LogP contribution in [0.15, 0.2) is 0 Å². The highest BCUT2D eigenvalue weighted by Gasteiger charge is 2.41. The molecule has 0 aromatic rings. The number of carbonyl (C=O) groups excluding carboxylic acids is 5. The number of likely N-dealkylation sites (tertiary alicyclic amines) is 1. The second-order valence-electron chi connectivity index (χ2n) is 10.2. The lowest BCUT2D eigenvalue weighted by Gasteiger charge is -2.33. The number of carboxylic acid groups (broad SMARTS) is 2. The first-order chi connectivity index (χ1) is 18.6. The van der Waals surface area contributed by atoms with E-state index >= 15 is 0 Å². The van der Waals surface area contributed by atoms with Gasteiger partial charge in [-0.3, -0.25) is 28.8 Å². The predicted octanol–water partition coefficient (Wildman–Crippen LogP) is -0.872. The summed E-state index contributed by atoms with van der Waals surface area (Å²) in [7, 11) is 0. The standard InChI is InChI=1S/C25H41N5O9S/c1-6-13(4)20(29-21(34)15(10-18(32)33)26-14(5)31)23(36)28-19(12(2)3)24(37)30-9-7-8-17(30)22(35)27-16(11-40)25(38)39/h12-13,15-17,19-20,40H,6-11H2,1-5H3,(H,26,31)(H,27,35)(H,28,36)(H,29,34)(H,32,33)(H,38,39)/t13-,15-,16-,17-,19-,20-/m0/s1. The van der Waals surface area contributed by atoms with Gasteiger partial charge in [-0.1, -0.05) is 34.1 Å². The van der Waals surface area contributed by atoms with E-state index in [-0.39, 0.29) is 12.3 Å². The molecule has 1 saturated heterocycles. The van der Waals surface area contributed by atoms with E-state index in [4.69, 9.17) is 5.11 Å². The van der Waals surface area contributed by atoms with Crippen LogP contribution < -0.4 is 21.3 Å². The van der Waals surface area contributed by atoms with Gasteiger partial charge in [0.25, 0.3) is 0 Å². The third-order valence-corrected chi connectivity index (χ3v) is 7.10. The van der Waals surface area contributed by atoms with E-state index in [2.05, 4.69) is 33.9 Å². The highest BCUT2D eigenvalue weighted by Crippen LogP contribution is 2.21. The van der Waals surface area contributed by atoms with E-state index in [1.165, 1.54) is 4.90 Å². The zero-order valence-corrected chi connectivity index (χ0v) is 24.3. The Morgan fingerprint density at radius 1 is 0.900 bits per heavy atom. The van der Waals surface area contributed by atoms with Crippen LogP contribution in [-0.2, 0) is 33.6 Å². The Kier molecular flexibility index (Phi) is 13.9. The van der Waals surface area contributed by atoms with Gasteiger partial charge in [-0.25, -0.2) is 4.79 Å². The number of hydrogen-bond acceptors (Lipinski definition) is 8. The number of nitrogens with one attached hydrogen (secondary N) is 4. The fraction of sp³-hybridized carbons (Fsp3) is 0.720. The number of amides is 5. The molecule has 40 heavy (non-hydrogen) atoms. The highest BCUT2D eigenvalue weighted by molar-refractivity contribution is 7.80. The molecule has 226 valence electrons. The molecule has 0 aliphatic carbocycles. The van der Waals surface area contributed by atoms with E-state index < -0.39 is 89.9 Å². The van der Waals surface area contributed by atoms with Crippen molar-refractivity contribution in [2.24, 2.45) is 11.8 Å². The molecule has 0 aromatic carbocycles. The molecule has 0 unspecified atom stereocenters. The summed E-state index contributed by atoms with van der Waals surface area (Å²) in [6.07, 6.45) is 0.574. The Bertz CT molecular complexity index is 960. The van der Waals surface area contributed by atoms with Gasteiger partial charge in [0.1, 0.15) is 30.2 Å². The molecule has 0 aromatic heterocycles. The molecule has 0 saturated carbocycles. The quantitative estimate of drug-likeness (QED) is 0.119. The SMILES string of the molecule is CC[C@H](C)[C@H](NC(=O)[C@H](CC(=O)O)NC(C)=O)C(=O)N[C@H](C(=O)N1CCC[C@H]1C(=O)N[C@@H](CS)C(=O)O)C(C)C. The van der Waals surface area contributed by atoms with E-state index in [0.29, 0.717) is 19.3 Å². The van der Waals surface area contributed by atoms with Crippen molar-refractivity contribution in [2.45, 2.75) is 90.5 Å². The van der Waals surface area contributed by atoms with Crippen molar-refractivity contribution in [3.63, 3.8) is 0 Å². The second-order valence-corrected chi connectivity index (χ2v) is 10.6. The molecule has 1 aliphatic heterocycles. The molecular weight excluding hydrogens is 546 g/mol. The van der Waals surface area contributed by atoms with Crippen LogP contribution in [0.1, 0.15) is 60.3 Å². The van der Waals surface area contributed by atoms with E-state index in [1.54, 1.807) is 27.7 Å². The largest absolute Gasteiger partial charge is 0.481 e. The Morgan fingerprint density at radius 3 is 1.98 bits per heavy atom. The fourth-order valence-corrected chi connectivity index (χ4v) is 4.52. The van der Waals surface area contributed by atoms with Crippen LogP contribution in [-0.4, -0.2) is 99.1 Å². The summed E-state index contributed by atoms with van der Waals surface area (Å²) in [5, 5.41) is 28.2. The van der Waals surface area contributed by atoms with Crippen LogP contribution in [0.5, 0.6) is 0 Å². The third-order valence-electron chi connectivity index (χ3n) is 6.73. The summed E-state index contributed by atoms with van der Waals surface area (Å²) in [6, 6.07) is -5.79. The van der Waals surface area contributed by atoms with Crippen molar-refractivity contribution < 1.29 is 43.8 Å². The van der Waals surface area contributed by atoms with Gasteiger partial charge in [0.2, 0.25) is 29.5 Å². The molecule has 0 spiro atoms. The van der Waals surface area contributed by atoms with E-state index in [1.807, 2.05) is 0 Å². The smallest absolute Gasteiger partial charge is 0.327 e. The average Bonchev–Trinajstić information content (AvgIpc) is 3.36. The van der Waals surface area contributed by atoms with Gasteiger partial charge in [0.15, 0.2) is 0 Å². The number of carbonyl (C=O) groups is 7. The van der Waals surface area contributed by atoms with Crippen molar-refractivity contribution in [2.75, 3.05) is 12.3 Å². The van der Waals surface area contributed by atoms with Gasteiger partial charge >= 0.3 is 11.9 Å². The van der Waals surface area contributed by atoms with Gasteiger partial charge in [-0.15, -0.1) is 0 Å². The van der Waals surface area contributed by atoms with Gasteiger partial charge in [0.05, 0.1) is 6.42 Å². The predicted molar refractivity (Wildman–Crippen MR) is 146 cm³/mol. The maximum atomic E-state index is 13.6. The van der Waals surface area contributed by atoms with Crippen LogP contribution >= 0.6 is 12.6 Å². The molecule has 6 atom stereocenters. The molecule has 0 bridgehead atoms. The van der Waals surface area contributed by atoms with Gasteiger partial charge < -0.3 is 36.4 Å². The summed E-state index contributed by atoms with van der Waals surface area (Å²) >= 11 is 3.94. The Labute approximate surface area is 238 Å². The summed E-state index contributed by atoms with van der Waals surface area (Å²) in [5.41, 5.74) is 0. The molecule has 1 aliphatic rings. The zero-order chi connectivity index (χ0) is 30.7. The van der Waals surface area contributed by atoms with Crippen molar-refractivity contribution >= 4 is 54.1 Å². The lowest BCUT2D eigenvalue weighted by atomic mass is 9.95. The molecular formula is C25H41N5O9S. The molecule has 14 nitrogen and oxygen atoms in total. The Hall–Kier alpha value is -3.36. The van der Waals surface area contributed by atoms with Crippen LogP contribution in [0.25, 0.3) is 0 Å². The summed E-state index contributed by atoms with van der Waals surface area (Å²) < 4.78 is 0. The van der Waals surface area contributed by atoms with Crippen molar-refractivity contribution in [3.05, 3.63) is 0 Å². The number of carboxylic acids is 2. The van der Waals surface area contributed by atoms with Gasteiger partial charge in [0, 0.05) is 19.2 Å². The first kappa shape index (κ1) is 34.7. The summed E-state index contributed by atoms with van der Waals surface area (Å²) in [4.78, 5) is 87.9. The normalized spacial score (nSPS) is 18.6. The number of hydrogen-bond donors (Lipinski definition) is 7. The monoisotopic (exact) mass is 587 g/mol. The molecule has 6 N–H and O–H groups in total. The van der Waals surface area contributed by atoms with Crippen LogP contribution in [0.2, 0.25) is 0 Å². The molecule has 0 radical (unpaired) electrons. The number of nitrogens with zero attached hydrogens (tertiary/aromatic N) is 1. The summed E-state index contributed by atoms with van der Waals surface area (Å²) in [6.45, 7) is 8.24. The molecule has 1 heterocycles. The lowest BCUT2D eigenvalue weighted by molar-refractivity contribution is -0.145. The zero-order valence-electron chi connectivity index (χ0n) is 23.4. The molecule has 15 heteroatoms. The molecule has 1 fully saturated rings. The fourth-order valence-electron chi connectivity index (χ4n) is 4.28. The van der Waals surface area contributed by atoms with Crippen molar-refractivity contribution in [1.29, 1.82) is 0 Å². The highest BCUT2D eigenvalue weighted by atomic mass is 32.1. The van der Waals surface area contributed by atoms with Crippen LogP contribution in [0, 0.1) is 11.8 Å². The first-order valence-corrected chi connectivity index (χ1v) is 13.8. The number of rotatable bonds is 15. The maximum Gasteiger partial charge on any atom is 0.327 e. The minimum absolute atomic E-state index is 0.135. The average molecular weight is 588 g/mol. The summed E-state index contributed by atoms with van der Waals surface area (Å²) in [5.74, 6) is -6.89. The van der Waals surface area contributed by atoms with Crippen molar-refractivity contribution in [3.8, 4) is 0 Å². The molecule has 1 rings (SSSR count). The van der Waals surface area contributed by atoms with Crippen molar-refractivity contribution in [1.82, 2.24) is 26.2 Å².